The zero-order valence-corrected chi connectivity index (χ0v) is 24.7. The summed E-state index contributed by atoms with van der Waals surface area (Å²) in [5, 5.41) is 12.4. The summed E-state index contributed by atoms with van der Waals surface area (Å²) in [5.41, 5.74) is 2.34. The number of nitrogens with zero attached hydrogens (tertiary/aromatic N) is 5. The average molecular weight is 574 g/mol. The van der Waals surface area contributed by atoms with Crippen LogP contribution in [0.1, 0.15) is 36.0 Å². The molecule has 0 radical (unpaired) electrons. The summed E-state index contributed by atoms with van der Waals surface area (Å²) in [4.78, 5) is 31.1. The lowest BCUT2D eigenvalue weighted by atomic mass is 10.1. The SMILES string of the molecule is C=CCNC(=O)c1cnc(Nc2ccc(N3CCN(CCCCCCNC)CC3)cc2)nc1Nc1cccc(OC)n1. The summed E-state index contributed by atoms with van der Waals surface area (Å²) in [6, 6.07) is 13.6. The van der Waals surface area contributed by atoms with Crippen LogP contribution in [0.25, 0.3) is 0 Å². The maximum atomic E-state index is 12.8. The van der Waals surface area contributed by atoms with E-state index >= 15 is 0 Å². The van der Waals surface area contributed by atoms with Crippen molar-refractivity contribution in [2.75, 3.05) is 75.5 Å². The number of pyridine rings is 1. The van der Waals surface area contributed by atoms with E-state index in [-0.39, 0.29) is 11.5 Å². The number of rotatable bonds is 16. The molecule has 3 aromatic rings. The van der Waals surface area contributed by atoms with Gasteiger partial charge in [0, 0.05) is 56.4 Å². The molecule has 0 aliphatic carbocycles. The number of nitrogens with one attached hydrogen (secondary N) is 4. The largest absolute Gasteiger partial charge is 0.481 e. The van der Waals surface area contributed by atoms with Crippen LogP contribution in [0.2, 0.25) is 0 Å². The van der Waals surface area contributed by atoms with Crippen LogP contribution in [0.4, 0.5) is 29.0 Å². The Morgan fingerprint density at radius 2 is 1.79 bits per heavy atom. The lowest BCUT2D eigenvalue weighted by Gasteiger charge is -2.36. The van der Waals surface area contributed by atoms with Crippen molar-refractivity contribution in [1.82, 2.24) is 30.5 Å². The number of hydrogen-bond acceptors (Lipinski definition) is 10. The lowest BCUT2D eigenvalue weighted by molar-refractivity contribution is 0.0958. The number of methoxy groups -OCH3 is 1. The van der Waals surface area contributed by atoms with E-state index in [9.17, 15) is 4.79 Å². The van der Waals surface area contributed by atoms with Gasteiger partial charge in [0.05, 0.1) is 7.11 Å². The summed E-state index contributed by atoms with van der Waals surface area (Å²) in [7, 11) is 3.57. The topological polar surface area (TPSA) is 120 Å². The molecule has 0 atom stereocenters. The van der Waals surface area contributed by atoms with Gasteiger partial charge in [-0.3, -0.25) is 9.69 Å². The van der Waals surface area contributed by atoms with Gasteiger partial charge in [-0.1, -0.05) is 25.0 Å². The molecule has 0 unspecified atom stereocenters. The van der Waals surface area contributed by atoms with Gasteiger partial charge in [-0.2, -0.15) is 9.97 Å². The number of carbonyl (C=O) groups is 1. The Kier molecular flexibility index (Phi) is 11.9. The maximum Gasteiger partial charge on any atom is 0.256 e. The van der Waals surface area contributed by atoms with Gasteiger partial charge >= 0.3 is 0 Å². The standard InChI is InChI=1S/C31H43N9O2/c1-4-16-33-30(41)26-23-34-31(38-29(26)37-27-10-9-11-28(36-27)42-3)35-24-12-14-25(15-13-24)40-21-19-39(20-22-40)18-8-6-5-7-17-32-2/h4,9-15,23,32H,1,5-8,16-22H2,2-3H3,(H,33,41)(H2,34,35,36,37,38). The van der Waals surface area contributed by atoms with E-state index in [1.807, 2.05) is 19.2 Å². The Morgan fingerprint density at radius 3 is 2.52 bits per heavy atom. The van der Waals surface area contributed by atoms with Crippen molar-refractivity contribution in [2.24, 2.45) is 0 Å². The van der Waals surface area contributed by atoms with Gasteiger partial charge in [0.15, 0.2) is 0 Å². The molecule has 0 saturated carbocycles. The molecule has 42 heavy (non-hydrogen) atoms. The van der Waals surface area contributed by atoms with E-state index in [1.54, 1.807) is 31.4 Å². The third kappa shape index (κ3) is 9.15. The molecular weight excluding hydrogens is 530 g/mol. The molecule has 3 heterocycles. The quantitative estimate of drug-likeness (QED) is 0.147. The third-order valence-corrected chi connectivity index (χ3v) is 7.13. The van der Waals surface area contributed by atoms with Gasteiger partial charge in [0.25, 0.3) is 5.91 Å². The second-order valence-electron chi connectivity index (χ2n) is 10.2. The van der Waals surface area contributed by atoms with Crippen molar-refractivity contribution in [2.45, 2.75) is 25.7 Å². The molecule has 1 aromatic carbocycles. The lowest BCUT2D eigenvalue weighted by Crippen LogP contribution is -2.46. The van der Waals surface area contributed by atoms with Crippen LogP contribution in [0, 0.1) is 0 Å². The van der Waals surface area contributed by atoms with Crippen LogP contribution >= 0.6 is 0 Å². The van der Waals surface area contributed by atoms with Crippen LogP contribution in [-0.4, -0.2) is 85.7 Å². The fraction of sp³-hybridized carbons (Fsp3) is 0.419. The second-order valence-corrected chi connectivity index (χ2v) is 10.2. The Hall–Kier alpha value is -4.22. The van der Waals surface area contributed by atoms with Crippen molar-refractivity contribution in [3.8, 4) is 5.88 Å². The first-order valence-corrected chi connectivity index (χ1v) is 14.6. The Morgan fingerprint density at radius 1 is 1.00 bits per heavy atom. The molecule has 1 fully saturated rings. The van der Waals surface area contributed by atoms with Gasteiger partial charge in [-0.15, -0.1) is 6.58 Å². The van der Waals surface area contributed by atoms with Gasteiger partial charge in [0.1, 0.15) is 17.2 Å². The van der Waals surface area contributed by atoms with Gasteiger partial charge in [0.2, 0.25) is 11.8 Å². The molecule has 4 N–H and O–H groups in total. The molecule has 1 saturated heterocycles. The number of piperazine rings is 1. The fourth-order valence-electron chi connectivity index (χ4n) is 4.79. The predicted octanol–water partition coefficient (Wildman–Crippen LogP) is 4.19. The minimum atomic E-state index is -0.319. The van der Waals surface area contributed by atoms with E-state index < -0.39 is 0 Å². The van der Waals surface area contributed by atoms with Crippen LogP contribution in [0.5, 0.6) is 5.88 Å². The van der Waals surface area contributed by atoms with Crippen LogP contribution in [0.15, 0.2) is 61.3 Å². The van der Waals surface area contributed by atoms with Crippen molar-refractivity contribution in [3.05, 3.63) is 66.9 Å². The monoisotopic (exact) mass is 573 g/mol. The second kappa shape index (κ2) is 16.3. The smallest absolute Gasteiger partial charge is 0.256 e. The van der Waals surface area contributed by atoms with Gasteiger partial charge in [-0.05, 0) is 63.3 Å². The fourth-order valence-corrected chi connectivity index (χ4v) is 4.79. The Bertz CT molecular complexity index is 1280. The zero-order valence-electron chi connectivity index (χ0n) is 24.7. The van der Waals surface area contributed by atoms with E-state index in [0.29, 0.717) is 30.0 Å². The number of aromatic nitrogens is 3. The molecular formula is C31H43N9O2. The zero-order chi connectivity index (χ0) is 29.6. The molecule has 0 bridgehead atoms. The van der Waals surface area contributed by atoms with E-state index in [1.165, 1.54) is 44.1 Å². The van der Waals surface area contributed by atoms with Crippen molar-refractivity contribution in [3.63, 3.8) is 0 Å². The highest BCUT2D eigenvalue weighted by atomic mass is 16.5. The molecule has 2 aromatic heterocycles. The van der Waals surface area contributed by atoms with Gasteiger partial charge < -0.3 is 30.9 Å². The van der Waals surface area contributed by atoms with Crippen LogP contribution in [-0.2, 0) is 0 Å². The average Bonchev–Trinajstić information content (AvgIpc) is 3.02. The summed E-state index contributed by atoms with van der Waals surface area (Å²) in [6.45, 7) is 10.5. The van der Waals surface area contributed by atoms with Crippen LogP contribution in [0.3, 0.4) is 0 Å². The minimum Gasteiger partial charge on any atom is -0.481 e. The summed E-state index contributed by atoms with van der Waals surface area (Å²) in [6.07, 6.45) is 8.26. The van der Waals surface area contributed by atoms with Crippen molar-refractivity contribution < 1.29 is 9.53 Å². The highest BCUT2D eigenvalue weighted by Crippen LogP contribution is 2.24. The molecule has 4 rings (SSSR count). The summed E-state index contributed by atoms with van der Waals surface area (Å²) >= 11 is 0. The molecule has 0 spiro atoms. The van der Waals surface area contributed by atoms with E-state index in [2.05, 4.69) is 64.7 Å². The molecule has 1 amide bonds. The highest BCUT2D eigenvalue weighted by Gasteiger charge is 2.18. The number of unbranched alkanes of at least 4 members (excludes halogenated alkanes) is 3. The molecule has 1 aliphatic heterocycles. The van der Waals surface area contributed by atoms with Crippen LogP contribution < -0.4 is 30.9 Å². The summed E-state index contributed by atoms with van der Waals surface area (Å²) < 4.78 is 5.22. The van der Waals surface area contributed by atoms with E-state index in [4.69, 9.17) is 4.74 Å². The maximum absolute atomic E-state index is 12.8. The molecule has 1 aliphatic rings. The number of benzene rings is 1. The first-order valence-electron chi connectivity index (χ1n) is 14.6. The third-order valence-electron chi connectivity index (χ3n) is 7.13. The van der Waals surface area contributed by atoms with Gasteiger partial charge in [-0.25, -0.2) is 4.98 Å². The Balaban J connectivity index is 1.36. The highest BCUT2D eigenvalue weighted by molar-refractivity contribution is 5.99. The number of anilines is 5. The van der Waals surface area contributed by atoms with Crippen molar-refractivity contribution in [1.29, 1.82) is 0 Å². The summed E-state index contributed by atoms with van der Waals surface area (Å²) in [5.74, 6) is 1.30. The van der Waals surface area contributed by atoms with E-state index in [0.717, 1.165) is 38.4 Å². The Labute approximate surface area is 248 Å². The number of carbonyl (C=O) groups excluding carboxylic acids is 1. The molecule has 224 valence electrons. The number of amides is 1. The first-order chi connectivity index (χ1) is 20.6. The number of ether oxygens (including phenoxy) is 1. The first kappa shape index (κ1) is 30.7. The number of hydrogen-bond donors (Lipinski definition) is 4. The van der Waals surface area contributed by atoms with Crippen molar-refractivity contribution >= 4 is 34.9 Å². The molecule has 11 nitrogen and oxygen atoms in total. The molecule has 11 heteroatoms. The minimum absolute atomic E-state index is 0.287. The predicted molar refractivity (Wildman–Crippen MR) is 169 cm³/mol. The normalized spacial score (nSPS) is 13.4.